The fourth-order valence-corrected chi connectivity index (χ4v) is 2.02. The smallest absolute Gasteiger partial charge is 0.305 e. The molecule has 22 heavy (non-hydrogen) atoms. The minimum Gasteiger partial charge on any atom is -0.462 e. The molecule has 0 N–H and O–H groups in total. The number of thioether (sulfide) groups is 1. The van der Waals surface area contributed by atoms with Gasteiger partial charge in [0.25, 0.3) is 0 Å². The van der Waals surface area contributed by atoms with Crippen molar-refractivity contribution in [2.24, 2.45) is 0 Å². The Hall–Kier alpha value is -0.550. The van der Waals surface area contributed by atoms with Gasteiger partial charge in [0, 0.05) is 31.4 Å². The lowest BCUT2D eigenvalue weighted by Gasteiger charge is -2.21. The van der Waals surface area contributed by atoms with Gasteiger partial charge >= 0.3 is 5.97 Å². The quantitative estimate of drug-likeness (QED) is 0.688. The first-order valence-corrected chi connectivity index (χ1v) is 9.46. The van der Waals surface area contributed by atoms with Crippen LogP contribution in [0.3, 0.4) is 0 Å². The molecule has 0 unspecified atom stereocenters. The van der Waals surface area contributed by atoms with Crippen molar-refractivity contribution in [2.75, 3.05) is 19.0 Å². The van der Waals surface area contributed by atoms with Crippen molar-refractivity contribution in [3.63, 3.8) is 0 Å². The Labute approximate surface area is 140 Å². The highest BCUT2D eigenvalue weighted by Gasteiger charge is 2.16. The van der Waals surface area contributed by atoms with E-state index < -0.39 is 0 Å². The molecule has 1 saturated heterocycles. The number of carbonyl (C=O) groups is 2. The van der Waals surface area contributed by atoms with Gasteiger partial charge < -0.3 is 9.47 Å². The average Bonchev–Trinajstić information content (AvgIpc) is 2.54. The predicted octanol–water partition coefficient (Wildman–Crippen LogP) is 4.60. The van der Waals surface area contributed by atoms with E-state index in [1.54, 1.807) is 0 Å². The Balaban J connectivity index is 0. The summed E-state index contributed by atoms with van der Waals surface area (Å²) in [6, 6.07) is 0. The maximum atomic E-state index is 10.8. The molecule has 1 aliphatic rings. The zero-order valence-electron chi connectivity index (χ0n) is 15.0. The monoisotopic (exact) mass is 334 g/mol. The fraction of sp³-hybridized carbons (Fsp3) is 0.882. The van der Waals surface area contributed by atoms with Crippen LogP contribution in [0.25, 0.3) is 0 Å². The van der Waals surface area contributed by atoms with Crippen LogP contribution in [0.2, 0.25) is 0 Å². The Kier molecular flexibility index (Phi) is 19.9. The molecule has 0 amide bonds. The van der Waals surface area contributed by atoms with Gasteiger partial charge in [-0.2, -0.15) is 0 Å². The largest absolute Gasteiger partial charge is 0.462 e. The fourth-order valence-electron chi connectivity index (χ4n) is 1.38. The molecule has 5 heteroatoms. The van der Waals surface area contributed by atoms with E-state index in [1.165, 1.54) is 18.2 Å². The van der Waals surface area contributed by atoms with Crippen LogP contribution in [0.4, 0.5) is 0 Å². The summed E-state index contributed by atoms with van der Waals surface area (Å²) in [6.07, 6.45) is 5.30. The van der Waals surface area contributed by atoms with Gasteiger partial charge in [-0.15, -0.1) is 0 Å². The van der Waals surface area contributed by atoms with Crippen molar-refractivity contribution in [2.45, 2.75) is 79.2 Å². The molecule has 1 rings (SSSR count). The number of rotatable bonds is 5. The van der Waals surface area contributed by atoms with Crippen molar-refractivity contribution in [3.05, 3.63) is 0 Å². The molecule has 0 aromatic heterocycles. The first-order chi connectivity index (χ1) is 10.5. The van der Waals surface area contributed by atoms with Gasteiger partial charge in [0.05, 0.1) is 13.2 Å². The lowest BCUT2D eigenvalue weighted by molar-refractivity contribution is -0.152. The molecule has 0 aromatic rings. The lowest BCUT2D eigenvalue weighted by Crippen LogP contribution is -2.25. The van der Waals surface area contributed by atoms with E-state index in [0.717, 1.165) is 38.2 Å². The van der Waals surface area contributed by atoms with Gasteiger partial charge in [-0.3, -0.25) is 9.59 Å². The van der Waals surface area contributed by atoms with Gasteiger partial charge in [0.1, 0.15) is 6.10 Å². The molecule has 4 nitrogen and oxygen atoms in total. The highest BCUT2D eigenvalue weighted by Crippen LogP contribution is 2.10. The van der Waals surface area contributed by atoms with Crippen molar-refractivity contribution < 1.29 is 19.1 Å². The second-order valence-corrected chi connectivity index (χ2v) is 6.09. The summed E-state index contributed by atoms with van der Waals surface area (Å²) in [5.74, 6) is 0.879. The van der Waals surface area contributed by atoms with E-state index in [1.807, 2.05) is 13.8 Å². The van der Waals surface area contributed by atoms with Crippen LogP contribution in [-0.4, -0.2) is 36.2 Å². The van der Waals surface area contributed by atoms with Crippen molar-refractivity contribution in [1.82, 2.24) is 0 Å². The molecule has 0 radical (unpaired) electrons. The van der Waals surface area contributed by atoms with Crippen molar-refractivity contribution in [3.8, 4) is 0 Å². The molecule has 0 atom stereocenters. The standard InChI is InChI=1S/C8H14O3.C6H12OS.C3H8/c1-2-8(9)11-7-3-5-10-6-4-7;1-3-5-8-6(7)4-2;1-3-2/h7H,2-6H2,1H3;3-5H2,1-2H3;3H2,1-2H3. The first kappa shape index (κ1) is 23.7. The maximum Gasteiger partial charge on any atom is 0.305 e. The second-order valence-electron chi connectivity index (χ2n) is 4.94. The molecule has 1 fully saturated rings. The molecule has 0 bridgehead atoms. The molecule has 0 saturated carbocycles. The van der Waals surface area contributed by atoms with Crippen LogP contribution >= 0.6 is 11.8 Å². The van der Waals surface area contributed by atoms with Crippen LogP contribution in [-0.2, 0) is 19.1 Å². The van der Waals surface area contributed by atoms with Crippen LogP contribution in [0.5, 0.6) is 0 Å². The summed E-state index contributed by atoms with van der Waals surface area (Å²) >= 11 is 1.44. The van der Waals surface area contributed by atoms with Crippen LogP contribution in [0.15, 0.2) is 0 Å². The number of hydrogen-bond acceptors (Lipinski definition) is 5. The van der Waals surface area contributed by atoms with Crippen LogP contribution in [0, 0.1) is 0 Å². The van der Waals surface area contributed by atoms with Crippen LogP contribution < -0.4 is 0 Å². The number of hydrogen-bond donors (Lipinski definition) is 0. The highest BCUT2D eigenvalue weighted by atomic mass is 32.2. The summed E-state index contributed by atoms with van der Waals surface area (Å²) < 4.78 is 10.2. The minimum atomic E-state index is -0.100. The Morgan fingerprint density at radius 3 is 2.00 bits per heavy atom. The second kappa shape index (κ2) is 18.5. The molecular weight excluding hydrogens is 300 g/mol. The summed E-state index contributed by atoms with van der Waals surface area (Å²) in [5, 5.41) is 0.312. The minimum absolute atomic E-state index is 0.100. The summed E-state index contributed by atoms with van der Waals surface area (Å²) in [5.41, 5.74) is 0. The summed E-state index contributed by atoms with van der Waals surface area (Å²) in [4.78, 5) is 21.4. The number of carbonyl (C=O) groups excluding carboxylic acids is 2. The normalized spacial score (nSPS) is 14.0. The molecule has 1 heterocycles. The lowest BCUT2D eigenvalue weighted by atomic mass is 10.1. The average molecular weight is 335 g/mol. The third kappa shape index (κ3) is 17.5. The van der Waals surface area contributed by atoms with Gasteiger partial charge in [-0.1, -0.05) is 52.8 Å². The van der Waals surface area contributed by atoms with E-state index >= 15 is 0 Å². The molecule has 0 aliphatic carbocycles. The van der Waals surface area contributed by atoms with Crippen molar-refractivity contribution >= 4 is 22.8 Å². The molecule has 0 aromatic carbocycles. The van der Waals surface area contributed by atoms with Gasteiger partial charge in [0.2, 0.25) is 0 Å². The van der Waals surface area contributed by atoms with Gasteiger partial charge in [-0.05, 0) is 6.42 Å². The molecular formula is C17H34O4S. The Bertz CT molecular complexity index is 263. The summed E-state index contributed by atoms with van der Waals surface area (Å²) in [6.45, 7) is 11.5. The topological polar surface area (TPSA) is 52.6 Å². The Morgan fingerprint density at radius 1 is 1.05 bits per heavy atom. The third-order valence-electron chi connectivity index (χ3n) is 2.51. The van der Waals surface area contributed by atoms with Crippen LogP contribution in [0.1, 0.15) is 73.1 Å². The SMILES string of the molecule is CCC.CCC(=O)OC1CCOCC1.CCCSC(=O)CC. The molecule has 0 spiro atoms. The van der Waals surface area contributed by atoms with Gasteiger partial charge in [0.15, 0.2) is 5.12 Å². The molecule has 1 aliphatic heterocycles. The molecule has 132 valence electrons. The van der Waals surface area contributed by atoms with E-state index in [-0.39, 0.29) is 12.1 Å². The van der Waals surface area contributed by atoms with Gasteiger partial charge in [-0.25, -0.2) is 0 Å². The van der Waals surface area contributed by atoms with Crippen molar-refractivity contribution in [1.29, 1.82) is 0 Å². The Morgan fingerprint density at radius 2 is 1.59 bits per heavy atom. The number of ether oxygens (including phenoxy) is 2. The first-order valence-electron chi connectivity index (χ1n) is 8.48. The third-order valence-corrected chi connectivity index (χ3v) is 3.73. The van der Waals surface area contributed by atoms with E-state index in [2.05, 4.69) is 20.8 Å². The van der Waals surface area contributed by atoms with E-state index in [0.29, 0.717) is 18.0 Å². The van der Waals surface area contributed by atoms with E-state index in [9.17, 15) is 9.59 Å². The zero-order valence-corrected chi connectivity index (χ0v) is 15.8. The zero-order chi connectivity index (χ0) is 17.2. The highest BCUT2D eigenvalue weighted by molar-refractivity contribution is 8.13. The number of esters is 1. The van der Waals surface area contributed by atoms with E-state index in [4.69, 9.17) is 9.47 Å². The predicted molar refractivity (Wildman–Crippen MR) is 94.2 cm³/mol. The maximum absolute atomic E-state index is 10.8. The summed E-state index contributed by atoms with van der Waals surface area (Å²) in [7, 11) is 0.